The number of benzene rings is 1. The predicted octanol–water partition coefficient (Wildman–Crippen LogP) is 3.02. The summed E-state index contributed by atoms with van der Waals surface area (Å²) >= 11 is 11.3. The van der Waals surface area contributed by atoms with Crippen LogP contribution in [-0.4, -0.2) is 28.2 Å². The van der Waals surface area contributed by atoms with E-state index in [1.807, 2.05) is 0 Å². The van der Waals surface area contributed by atoms with E-state index in [9.17, 15) is 13.6 Å². The number of aromatic nitrogens is 2. The average Bonchev–Trinajstić information content (AvgIpc) is 2.42. The van der Waals surface area contributed by atoms with Gasteiger partial charge >= 0.3 is 5.97 Å². The van der Waals surface area contributed by atoms with Gasteiger partial charge in [-0.2, -0.15) is 0 Å². The molecule has 0 aliphatic heterocycles. The molecular formula is C12H7Cl2F2N3O3. The maximum absolute atomic E-state index is 14.3. The zero-order chi connectivity index (χ0) is 16.6. The smallest absolute Gasteiger partial charge is 0.356 e. The minimum Gasteiger partial charge on any atom is -0.492 e. The van der Waals surface area contributed by atoms with Gasteiger partial charge in [0.25, 0.3) is 0 Å². The van der Waals surface area contributed by atoms with Crippen molar-refractivity contribution in [2.24, 2.45) is 0 Å². The quantitative estimate of drug-likeness (QED) is 0.883. The number of nitrogen functional groups attached to an aromatic ring is 1. The van der Waals surface area contributed by atoms with Crippen molar-refractivity contribution in [2.75, 3.05) is 12.8 Å². The summed E-state index contributed by atoms with van der Waals surface area (Å²) < 4.78 is 33.0. The maximum Gasteiger partial charge on any atom is 0.356 e. The third kappa shape index (κ3) is 2.62. The van der Waals surface area contributed by atoms with Crippen LogP contribution < -0.4 is 10.5 Å². The Morgan fingerprint density at radius 3 is 2.55 bits per heavy atom. The molecule has 1 aromatic heterocycles. The second-order valence-corrected chi connectivity index (χ2v) is 4.75. The minimum absolute atomic E-state index is 0.304. The highest BCUT2D eigenvalue weighted by atomic mass is 35.5. The monoisotopic (exact) mass is 349 g/mol. The number of carboxylic acid groups (broad SMARTS) is 1. The summed E-state index contributed by atoms with van der Waals surface area (Å²) in [6, 6.07) is 0.785. The number of carboxylic acids is 1. The largest absolute Gasteiger partial charge is 0.492 e. The van der Waals surface area contributed by atoms with Crippen molar-refractivity contribution in [3.8, 4) is 17.1 Å². The average molecular weight is 350 g/mol. The van der Waals surface area contributed by atoms with Crippen molar-refractivity contribution < 1.29 is 23.4 Å². The van der Waals surface area contributed by atoms with Crippen LogP contribution in [0.4, 0.5) is 14.6 Å². The highest BCUT2D eigenvalue weighted by Crippen LogP contribution is 2.37. The van der Waals surface area contributed by atoms with Crippen LogP contribution in [0.5, 0.6) is 5.75 Å². The number of nitrogens with zero attached hydrogens (tertiary/aromatic N) is 2. The van der Waals surface area contributed by atoms with E-state index in [2.05, 4.69) is 9.97 Å². The van der Waals surface area contributed by atoms with E-state index < -0.39 is 51.3 Å². The highest BCUT2D eigenvalue weighted by Gasteiger charge is 2.25. The van der Waals surface area contributed by atoms with Crippen molar-refractivity contribution in [3.05, 3.63) is 33.4 Å². The standard InChI is InChI=1S/C12H7Cl2F2N3O3/c1-22-9-3(13)2-4(15)5(7(9)16)11-18-8(12(20)21)6(14)10(17)19-11/h2H,1H3,(H,20,21)(H2,17,18,19). The van der Waals surface area contributed by atoms with Gasteiger partial charge in [-0.05, 0) is 6.07 Å². The van der Waals surface area contributed by atoms with Gasteiger partial charge in [-0.25, -0.2) is 23.5 Å². The molecule has 116 valence electrons. The molecule has 0 fully saturated rings. The molecule has 2 rings (SSSR count). The summed E-state index contributed by atoms with van der Waals surface area (Å²) in [5.74, 6) is -5.29. The summed E-state index contributed by atoms with van der Waals surface area (Å²) in [7, 11) is 1.13. The summed E-state index contributed by atoms with van der Waals surface area (Å²) in [6.45, 7) is 0. The molecule has 1 aromatic carbocycles. The molecule has 6 nitrogen and oxygen atoms in total. The second-order valence-electron chi connectivity index (χ2n) is 3.96. The van der Waals surface area contributed by atoms with Crippen LogP contribution in [0.15, 0.2) is 6.07 Å². The van der Waals surface area contributed by atoms with E-state index in [0.29, 0.717) is 0 Å². The van der Waals surface area contributed by atoms with Crippen LogP contribution in [0.3, 0.4) is 0 Å². The molecule has 0 saturated heterocycles. The molecule has 0 radical (unpaired) electrons. The Balaban J connectivity index is 2.80. The van der Waals surface area contributed by atoms with E-state index in [0.717, 1.165) is 13.2 Å². The zero-order valence-electron chi connectivity index (χ0n) is 10.8. The fraction of sp³-hybridized carbons (Fsp3) is 0.0833. The topological polar surface area (TPSA) is 98.3 Å². The number of hydrogen-bond donors (Lipinski definition) is 2. The summed E-state index contributed by atoms with van der Waals surface area (Å²) in [4.78, 5) is 18.2. The Bertz CT molecular complexity index is 787. The third-order valence-electron chi connectivity index (χ3n) is 2.64. The first-order valence-electron chi connectivity index (χ1n) is 5.56. The maximum atomic E-state index is 14.3. The van der Waals surface area contributed by atoms with E-state index in [1.54, 1.807) is 0 Å². The summed E-state index contributed by atoms with van der Waals surface area (Å²) in [6.07, 6.45) is 0. The second kappa shape index (κ2) is 5.90. The van der Waals surface area contributed by atoms with Gasteiger partial charge in [0.2, 0.25) is 0 Å². The lowest BCUT2D eigenvalue weighted by molar-refractivity contribution is 0.0690. The normalized spacial score (nSPS) is 10.6. The molecular weight excluding hydrogens is 343 g/mol. The minimum atomic E-state index is -1.53. The van der Waals surface area contributed by atoms with Gasteiger partial charge in [0.15, 0.2) is 23.1 Å². The van der Waals surface area contributed by atoms with Gasteiger partial charge in [-0.3, -0.25) is 0 Å². The van der Waals surface area contributed by atoms with Crippen LogP contribution in [0.25, 0.3) is 11.4 Å². The van der Waals surface area contributed by atoms with Crippen LogP contribution >= 0.6 is 23.2 Å². The molecule has 0 amide bonds. The van der Waals surface area contributed by atoms with E-state index in [-0.39, 0.29) is 5.02 Å². The molecule has 0 saturated carbocycles. The number of anilines is 1. The van der Waals surface area contributed by atoms with Crippen LogP contribution in [0.2, 0.25) is 10.0 Å². The van der Waals surface area contributed by atoms with Crippen molar-refractivity contribution in [3.63, 3.8) is 0 Å². The van der Waals surface area contributed by atoms with Crippen molar-refractivity contribution >= 4 is 35.0 Å². The van der Waals surface area contributed by atoms with Gasteiger partial charge < -0.3 is 15.6 Å². The highest BCUT2D eigenvalue weighted by molar-refractivity contribution is 6.35. The number of nitrogens with two attached hydrogens (primary N) is 1. The number of aromatic carboxylic acids is 1. The molecule has 22 heavy (non-hydrogen) atoms. The molecule has 1 heterocycles. The van der Waals surface area contributed by atoms with Crippen LogP contribution in [0.1, 0.15) is 10.5 Å². The van der Waals surface area contributed by atoms with Crippen molar-refractivity contribution in [2.45, 2.75) is 0 Å². The molecule has 10 heteroatoms. The lowest BCUT2D eigenvalue weighted by Gasteiger charge is -2.11. The Kier molecular flexibility index (Phi) is 4.34. The van der Waals surface area contributed by atoms with E-state index >= 15 is 0 Å². The van der Waals surface area contributed by atoms with Gasteiger partial charge in [0.05, 0.1) is 17.7 Å². The Morgan fingerprint density at radius 1 is 1.36 bits per heavy atom. The molecule has 2 aromatic rings. The first kappa shape index (κ1) is 16.2. The zero-order valence-corrected chi connectivity index (χ0v) is 12.3. The number of ether oxygens (including phenoxy) is 1. The fourth-order valence-corrected chi connectivity index (χ4v) is 2.10. The van der Waals surface area contributed by atoms with Gasteiger partial charge in [0.1, 0.15) is 16.7 Å². The van der Waals surface area contributed by atoms with Crippen molar-refractivity contribution in [1.82, 2.24) is 9.97 Å². The lowest BCUT2D eigenvalue weighted by atomic mass is 10.1. The number of methoxy groups -OCH3 is 1. The first-order chi connectivity index (χ1) is 10.3. The Labute approximate surface area is 132 Å². The Hall–Kier alpha value is -2.19. The molecule has 3 N–H and O–H groups in total. The van der Waals surface area contributed by atoms with Gasteiger partial charge in [-0.1, -0.05) is 23.2 Å². The fourth-order valence-electron chi connectivity index (χ4n) is 1.68. The number of rotatable bonds is 3. The summed E-state index contributed by atoms with van der Waals surface area (Å²) in [5, 5.41) is 8.24. The third-order valence-corrected chi connectivity index (χ3v) is 3.29. The van der Waals surface area contributed by atoms with Crippen LogP contribution in [-0.2, 0) is 0 Å². The molecule has 0 spiro atoms. The van der Waals surface area contributed by atoms with Gasteiger partial charge in [-0.15, -0.1) is 0 Å². The molecule has 0 unspecified atom stereocenters. The lowest BCUT2D eigenvalue weighted by Crippen LogP contribution is -2.09. The molecule has 0 aliphatic carbocycles. The number of hydrogen-bond acceptors (Lipinski definition) is 5. The van der Waals surface area contributed by atoms with E-state index in [4.69, 9.17) is 38.8 Å². The van der Waals surface area contributed by atoms with Crippen LogP contribution in [0, 0.1) is 11.6 Å². The van der Waals surface area contributed by atoms with E-state index in [1.165, 1.54) is 0 Å². The van der Waals surface area contributed by atoms with Gasteiger partial charge in [0, 0.05) is 0 Å². The number of carbonyl (C=O) groups is 1. The van der Waals surface area contributed by atoms with Crippen molar-refractivity contribution in [1.29, 1.82) is 0 Å². The molecule has 0 bridgehead atoms. The molecule has 0 aliphatic rings. The molecule has 0 atom stereocenters. The summed E-state index contributed by atoms with van der Waals surface area (Å²) in [5.41, 5.74) is 4.04. The Morgan fingerprint density at radius 2 is 2.00 bits per heavy atom. The number of halogens is 4. The SMILES string of the molecule is COc1c(Cl)cc(F)c(-c2nc(N)c(Cl)c(C(=O)O)n2)c1F. The predicted molar refractivity (Wildman–Crippen MR) is 75.3 cm³/mol. The first-order valence-corrected chi connectivity index (χ1v) is 6.31.